The van der Waals surface area contributed by atoms with E-state index in [1.807, 2.05) is 24.3 Å². The molecule has 98 valence electrons. The number of carbonyl (C=O) groups excluding carboxylic acids is 1. The molecule has 2 nitrogen and oxygen atoms in total. The molecule has 2 rings (SSSR count). The van der Waals surface area contributed by atoms with Crippen molar-refractivity contribution in [3.63, 3.8) is 0 Å². The van der Waals surface area contributed by atoms with E-state index in [2.05, 4.69) is 21.2 Å². The summed E-state index contributed by atoms with van der Waals surface area (Å²) < 4.78 is 0.956. The lowest BCUT2D eigenvalue weighted by Gasteiger charge is -2.08. The first-order chi connectivity index (χ1) is 9.08. The number of halogens is 3. The van der Waals surface area contributed by atoms with E-state index in [1.165, 1.54) is 0 Å². The Morgan fingerprint density at radius 2 is 1.89 bits per heavy atom. The highest BCUT2D eigenvalue weighted by molar-refractivity contribution is 9.10. The zero-order valence-corrected chi connectivity index (χ0v) is 12.9. The fraction of sp³-hybridized carbons (Fsp3) is 0.0714. The molecule has 0 heterocycles. The van der Waals surface area contributed by atoms with Crippen LogP contribution in [0, 0.1) is 0 Å². The summed E-state index contributed by atoms with van der Waals surface area (Å²) in [6.45, 7) is 0.430. The van der Waals surface area contributed by atoms with Gasteiger partial charge in [0, 0.05) is 16.0 Å². The number of amides is 1. The van der Waals surface area contributed by atoms with Crippen LogP contribution < -0.4 is 5.32 Å². The Morgan fingerprint density at radius 3 is 2.58 bits per heavy atom. The summed E-state index contributed by atoms with van der Waals surface area (Å²) in [6.07, 6.45) is 0. The molecule has 1 amide bonds. The SMILES string of the molecule is O=C(NCc1ccccc1Br)c1ccc(Cl)cc1Cl. The zero-order valence-electron chi connectivity index (χ0n) is 9.79. The summed E-state index contributed by atoms with van der Waals surface area (Å²) in [5, 5.41) is 3.67. The second-order valence-corrected chi connectivity index (χ2v) is 5.60. The number of rotatable bonds is 3. The van der Waals surface area contributed by atoms with Crippen molar-refractivity contribution in [2.45, 2.75) is 6.54 Å². The summed E-state index contributed by atoms with van der Waals surface area (Å²) in [5.74, 6) is -0.225. The molecule has 19 heavy (non-hydrogen) atoms. The Bertz CT molecular complexity index is 616. The predicted octanol–water partition coefficient (Wildman–Crippen LogP) is 4.69. The van der Waals surface area contributed by atoms with E-state index in [0.717, 1.165) is 10.0 Å². The molecule has 0 saturated carbocycles. The molecule has 0 aliphatic heterocycles. The number of hydrogen-bond acceptors (Lipinski definition) is 1. The highest BCUT2D eigenvalue weighted by Gasteiger charge is 2.10. The van der Waals surface area contributed by atoms with Crippen molar-refractivity contribution in [3.8, 4) is 0 Å². The molecule has 0 radical (unpaired) electrons. The molecular weight excluding hydrogens is 349 g/mol. The van der Waals surface area contributed by atoms with E-state index in [9.17, 15) is 4.79 Å². The minimum absolute atomic E-state index is 0.225. The lowest BCUT2D eigenvalue weighted by atomic mass is 10.2. The molecule has 0 aromatic heterocycles. The van der Waals surface area contributed by atoms with Crippen molar-refractivity contribution < 1.29 is 4.79 Å². The molecule has 2 aromatic rings. The highest BCUT2D eigenvalue weighted by Crippen LogP contribution is 2.21. The van der Waals surface area contributed by atoms with Gasteiger partial charge in [-0.05, 0) is 29.8 Å². The summed E-state index contributed by atoms with van der Waals surface area (Å²) in [5.41, 5.74) is 1.42. The third kappa shape index (κ3) is 3.72. The average molecular weight is 359 g/mol. The molecule has 0 bridgehead atoms. The average Bonchev–Trinajstić information content (AvgIpc) is 2.37. The van der Waals surface area contributed by atoms with Gasteiger partial charge in [0.25, 0.3) is 5.91 Å². The third-order valence-corrected chi connectivity index (χ3v) is 3.89. The van der Waals surface area contributed by atoms with E-state index in [0.29, 0.717) is 22.2 Å². The monoisotopic (exact) mass is 357 g/mol. The molecule has 0 saturated heterocycles. The number of benzene rings is 2. The molecule has 0 unspecified atom stereocenters. The molecule has 2 aromatic carbocycles. The van der Waals surface area contributed by atoms with Crippen LogP contribution >= 0.6 is 39.1 Å². The number of carbonyl (C=O) groups is 1. The van der Waals surface area contributed by atoms with Crippen LogP contribution in [0.25, 0.3) is 0 Å². The van der Waals surface area contributed by atoms with Crippen LogP contribution in [0.1, 0.15) is 15.9 Å². The Balaban J connectivity index is 2.08. The summed E-state index contributed by atoms with van der Waals surface area (Å²) in [4.78, 5) is 12.0. The second kappa shape index (κ2) is 6.42. The van der Waals surface area contributed by atoms with E-state index >= 15 is 0 Å². The van der Waals surface area contributed by atoms with Gasteiger partial charge in [-0.15, -0.1) is 0 Å². The van der Waals surface area contributed by atoms with Crippen LogP contribution in [0.4, 0.5) is 0 Å². The van der Waals surface area contributed by atoms with Gasteiger partial charge in [0.1, 0.15) is 0 Å². The molecule has 0 atom stereocenters. The Hall–Kier alpha value is -1.03. The van der Waals surface area contributed by atoms with Crippen molar-refractivity contribution >= 4 is 45.0 Å². The summed E-state index contributed by atoms with van der Waals surface area (Å²) in [7, 11) is 0. The fourth-order valence-electron chi connectivity index (χ4n) is 1.59. The topological polar surface area (TPSA) is 29.1 Å². The van der Waals surface area contributed by atoms with Crippen LogP contribution in [-0.4, -0.2) is 5.91 Å². The van der Waals surface area contributed by atoms with Gasteiger partial charge in [-0.2, -0.15) is 0 Å². The van der Waals surface area contributed by atoms with Crippen LogP contribution in [-0.2, 0) is 6.54 Å². The smallest absolute Gasteiger partial charge is 0.253 e. The standard InChI is InChI=1S/C14H10BrCl2NO/c15-12-4-2-1-3-9(12)8-18-14(19)11-6-5-10(16)7-13(11)17/h1-7H,8H2,(H,18,19). The van der Waals surface area contributed by atoms with Crippen molar-refractivity contribution in [1.29, 1.82) is 0 Å². The first kappa shape index (κ1) is 14.4. The maximum absolute atomic E-state index is 12.0. The van der Waals surface area contributed by atoms with Gasteiger partial charge in [0.05, 0.1) is 10.6 Å². The molecular formula is C14H10BrCl2NO. The van der Waals surface area contributed by atoms with Crippen molar-refractivity contribution in [1.82, 2.24) is 5.32 Å². The maximum Gasteiger partial charge on any atom is 0.253 e. The van der Waals surface area contributed by atoms with Crippen LogP contribution in [0.15, 0.2) is 46.9 Å². The van der Waals surface area contributed by atoms with Gasteiger partial charge < -0.3 is 5.32 Å². The zero-order chi connectivity index (χ0) is 13.8. The fourth-order valence-corrected chi connectivity index (χ4v) is 2.51. The number of nitrogens with one attached hydrogen (secondary N) is 1. The largest absolute Gasteiger partial charge is 0.348 e. The molecule has 0 aliphatic carbocycles. The first-order valence-electron chi connectivity index (χ1n) is 5.54. The molecule has 0 fully saturated rings. The van der Waals surface area contributed by atoms with Gasteiger partial charge in [0.15, 0.2) is 0 Å². The third-order valence-electron chi connectivity index (χ3n) is 2.57. The summed E-state index contributed by atoms with van der Waals surface area (Å²) in [6, 6.07) is 12.5. The lowest BCUT2D eigenvalue weighted by molar-refractivity contribution is 0.0951. The Kier molecular flexibility index (Phi) is 4.86. The molecule has 0 spiro atoms. The van der Waals surface area contributed by atoms with Crippen molar-refractivity contribution in [2.75, 3.05) is 0 Å². The Labute approximate surface area is 129 Å². The quantitative estimate of drug-likeness (QED) is 0.847. The van der Waals surface area contributed by atoms with Gasteiger partial charge in [-0.3, -0.25) is 4.79 Å². The van der Waals surface area contributed by atoms with Crippen LogP contribution in [0.2, 0.25) is 10.0 Å². The van der Waals surface area contributed by atoms with Gasteiger partial charge in [0.2, 0.25) is 0 Å². The number of hydrogen-bond donors (Lipinski definition) is 1. The Morgan fingerprint density at radius 1 is 1.16 bits per heavy atom. The van der Waals surface area contributed by atoms with E-state index < -0.39 is 0 Å². The van der Waals surface area contributed by atoms with Gasteiger partial charge in [-0.25, -0.2) is 0 Å². The maximum atomic E-state index is 12.0. The van der Waals surface area contributed by atoms with Crippen molar-refractivity contribution in [3.05, 3.63) is 68.1 Å². The predicted molar refractivity (Wildman–Crippen MR) is 81.8 cm³/mol. The van der Waals surface area contributed by atoms with Crippen LogP contribution in [0.5, 0.6) is 0 Å². The lowest BCUT2D eigenvalue weighted by Crippen LogP contribution is -2.23. The normalized spacial score (nSPS) is 10.3. The molecule has 5 heteroatoms. The van der Waals surface area contributed by atoms with Crippen molar-refractivity contribution in [2.24, 2.45) is 0 Å². The van der Waals surface area contributed by atoms with Gasteiger partial charge in [-0.1, -0.05) is 57.3 Å². The minimum atomic E-state index is -0.225. The van der Waals surface area contributed by atoms with Gasteiger partial charge >= 0.3 is 0 Å². The molecule has 0 aliphatic rings. The van der Waals surface area contributed by atoms with E-state index in [4.69, 9.17) is 23.2 Å². The summed E-state index contributed by atoms with van der Waals surface area (Å²) >= 11 is 15.2. The minimum Gasteiger partial charge on any atom is -0.348 e. The second-order valence-electron chi connectivity index (χ2n) is 3.90. The highest BCUT2D eigenvalue weighted by atomic mass is 79.9. The van der Waals surface area contributed by atoms with E-state index in [-0.39, 0.29) is 5.91 Å². The van der Waals surface area contributed by atoms with E-state index in [1.54, 1.807) is 18.2 Å². The van der Waals surface area contributed by atoms with Crippen LogP contribution in [0.3, 0.4) is 0 Å². The molecule has 1 N–H and O–H groups in total. The first-order valence-corrected chi connectivity index (χ1v) is 7.09.